The predicted octanol–water partition coefficient (Wildman–Crippen LogP) is 2.46. The van der Waals surface area contributed by atoms with Gasteiger partial charge >= 0.3 is 0 Å². The maximum absolute atomic E-state index is 12.5. The number of aromatic nitrogens is 1. The number of fused-ring (bicyclic) bond motifs is 1. The average Bonchev–Trinajstić information content (AvgIpc) is 3.07. The van der Waals surface area contributed by atoms with Crippen LogP contribution in [0.1, 0.15) is 17.5 Å². The van der Waals surface area contributed by atoms with Crippen molar-refractivity contribution in [3.8, 4) is 0 Å². The van der Waals surface area contributed by atoms with Crippen molar-refractivity contribution in [2.45, 2.75) is 24.2 Å². The summed E-state index contributed by atoms with van der Waals surface area (Å²) in [5.74, 6) is 0. The highest BCUT2D eigenvalue weighted by Crippen LogP contribution is 2.28. The van der Waals surface area contributed by atoms with Crippen LogP contribution in [-0.2, 0) is 22.9 Å². The Hall–Kier alpha value is -1.40. The van der Waals surface area contributed by atoms with Gasteiger partial charge in [0.25, 0.3) is 10.0 Å². The molecule has 0 N–H and O–H groups in total. The van der Waals surface area contributed by atoms with Crippen LogP contribution in [0.4, 0.5) is 5.13 Å². The van der Waals surface area contributed by atoms with Gasteiger partial charge in [0.05, 0.1) is 4.90 Å². The number of rotatable bonds is 3. The number of thiazole rings is 1. The van der Waals surface area contributed by atoms with Crippen LogP contribution in [0.15, 0.2) is 34.7 Å². The molecule has 4 nitrogen and oxygen atoms in total. The first-order chi connectivity index (χ1) is 9.09. The van der Waals surface area contributed by atoms with Gasteiger partial charge in [-0.15, -0.1) is 11.3 Å². The zero-order chi connectivity index (χ0) is 13.5. The van der Waals surface area contributed by atoms with Gasteiger partial charge in [0, 0.05) is 18.6 Å². The summed E-state index contributed by atoms with van der Waals surface area (Å²) in [7, 11) is -1.96. The molecule has 6 heteroatoms. The zero-order valence-corrected chi connectivity index (χ0v) is 12.2. The number of aryl methyl sites for hydroxylation is 2. The van der Waals surface area contributed by atoms with Crippen molar-refractivity contribution < 1.29 is 8.42 Å². The molecule has 0 amide bonds. The Balaban J connectivity index is 2.01. The van der Waals surface area contributed by atoms with Gasteiger partial charge in [0.1, 0.15) is 0 Å². The van der Waals surface area contributed by atoms with Crippen molar-refractivity contribution in [1.82, 2.24) is 4.98 Å². The smallest absolute Gasteiger partial charge is 0.244 e. The quantitative estimate of drug-likeness (QED) is 0.873. The molecule has 100 valence electrons. The van der Waals surface area contributed by atoms with Crippen molar-refractivity contribution in [2.75, 3.05) is 11.4 Å². The third-order valence-electron chi connectivity index (χ3n) is 3.42. The van der Waals surface area contributed by atoms with E-state index in [1.807, 2.05) is 12.1 Å². The molecule has 0 radical (unpaired) electrons. The molecule has 1 aromatic carbocycles. The normalized spacial score (nSPS) is 14.4. The summed E-state index contributed by atoms with van der Waals surface area (Å²) in [6.07, 6.45) is 4.74. The molecule has 1 aliphatic rings. The number of sulfonamides is 1. The topological polar surface area (TPSA) is 50.3 Å². The van der Waals surface area contributed by atoms with Crippen molar-refractivity contribution in [3.05, 3.63) is 40.9 Å². The molecule has 0 aliphatic heterocycles. The predicted molar refractivity (Wildman–Crippen MR) is 76.2 cm³/mol. The summed E-state index contributed by atoms with van der Waals surface area (Å²) in [6, 6.07) is 5.44. The highest BCUT2D eigenvalue weighted by atomic mass is 32.2. The Morgan fingerprint density at radius 2 is 2.05 bits per heavy atom. The van der Waals surface area contributed by atoms with E-state index in [2.05, 4.69) is 4.98 Å². The van der Waals surface area contributed by atoms with Gasteiger partial charge in [-0.3, -0.25) is 0 Å². The Kier molecular flexibility index (Phi) is 3.06. The number of nitrogens with zero attached hydrogens (tertiary/aromatic N) is 2. The lowest BCUT2D eigenvalue weighted by atomic mass is 10.1. The van der Waals surface area contributed by atoms with E-state index in [0.29, 0.717) is 10.0 Å². The van der Waals surface area contributed by atoms with Crippen molar-refractivity contribution in [1.29, 1.82) is 0 Å². The summed E-state index contributed by atoms with van der Waals surface area (Å²) in [4.78, 5) is 4.40. The molecule has 0 saturated heterocycles. The lowest BCUT2D eigenvalue weighted by molar-refractivity contribution is 0.594. The Morgan fingerprint density at radius 1 is 1.26 bits per heavy atom. The monoisotopic (exact) mass is 294 g/mol. The fraction of sp³-hybridized carbons (Fsp3) is 0.308. The van der Waals surface area contributed by atoms with E-state index in [0.717, 1.165) is 24.8 Å². The average molecular weight is 294 g/mol. The molecule has 1 aromatic heterocycles. The first-order valence-electron chi connectivity index (χ1n) is 6.09. The minimum absolute atomic E-state index is 0.353. The first-order valence-corrected chi connectivity index (χ1v) is 8.41. The van der Waals surface area contributed by atoms with Crippen LogP contribution < -0.4 is 4.31 Å². The van der Waals surface area contributed by atoms with Crippen LogP contribution in [0.25, 0.3) is 0 Å². The molecular weight excluding hydrogens is 280 g/mol. The van der Waals surface area contributed by atoms with Crippen molar-refractivity contribution >= 4 is 26.5 Å². The van der Waals surface area contributed by atoms with Crippen molar-refractivity contribution in [2.24, 2.45) is 0 Å². The molecule has 0 saturated carbocycles. The summed E-state index contributed by atoms with van der Waals surface area (Å²) >= 11 is 1.31. The number of anilines is 1. The van der Waals surface area contributed by atoms with Crippen LogP contribution in [-0.4, -0.2) is 20.4 Å². The van der Waals surface area contributed by atoms with Crippen LogP contribution in [0, 0.1) is 0 Å². The van der Waals surface area contributed by atoms with Gasteiger partial charge in [-0.25, -0.2) is 17.7 Å². The van der Waals surface area contributed by atoms with E-state index in [9.17, 15) is 8.42 Å². The minimum Gasteiger partial charge on any atom is -0.244 e. The van der Waals surface area contributed by atoms with Gasteiger partial charge in [-0.1, -0.05) is 6.07 Å². The van der Waals surface area contributed by atoms with E-state index in [1.54, 1.807) is 24.7 Å². The fourth-order valence-electron chi connectivity index (χ4n) is 2.34. The lowest BCUT2D eigenvalue weighted by Crippen LogP contribution is -2.26. The highest BCUT2D eigenvalue weighted by molar-refractivity contribution is 7.93. The molecule has 0 bridgehead atoms. The van der Waals surface area contributed by atoms with E-state index >= 15 is 0 Å². The third kappa shape index (κ3) is 2.15. The third-order valence-corrected chi connectivity index (χ3v) is 6.12. The van der Waals surface area contributed by atoms with Gasteiger partial charge in [0.15, 0.2) is 5.13 Å². The molecule has 1 heterocycles. The van der Waals surface area contributed by atoms with Crippen LogP contribution >= 0.6 is 11.3 Å². The largest absolute Gasteiger partial charge is 0.265 e. The Labute approximate surface area is 116 Å². The lowest BCUT2D eigenvalue weighted by Gasteiger charge is -2.16. The number of hydrogen-bond acceptors (Lipinski definition) is 4. The Bertz CT molecular complexity index is 693. The zero-order valence-electron chi connectivity index (χ0n) is 10.5. The maximum atomic E-state index is 12.5. The SMILES string of the molecule is CN(c1nccs1)S(=O)(=O)c1ccc2c(c1)CCC2. The second kappa shape index (κ2) is 4.61. The second-order valence-electron chi connectivity index (χ2n) is 4.57. The second-order valence-corrected chi connectivity index (χ2v) is 7.41. The van der Waals surface area contributed by atoms with Gasteiger partial charge < -0.3 is 0 Å². The van der Waals surface area contributed by atoms with Gasteiger partial charge in [0.2, 0.25) is 0 Å². The number of hydrogen-bond donors (Lipinski definition) is 0. The van der Waals surface area contributed by atoms with Gasteiger partial charge in [-0.2, -0.15) is 0 Å². The first kappa shape index (κ1) is 12.6. The van der Waals surface area contributed by atoms with E-state index in [1.165, 1.54) is 21.2 Å². The summed E-state index contributed by atoms with van der Waals surface area (Å²) in [6.45, 7) is 0. The van der Waals surface area contributed by atoms with Crippen LogP contribution in [0.2, 0.25) is 0 Å². The fourth-order valence-corrected chi connectivity index (χ4v) is 4.38. The standard InChI is InChI=1S/C13H14N2O2S2/c1-15(13-14-7-8-18-13)19(16,17)12-6-5-10-3-2-4-11(10)9-12/h5-9H,2-4H2,1H3. The van der Waals surface area contributed by atoms with Gasteiger partial charge in [-0.05, 0) is 42.5 Å². The molecule has 0 atom stereocenters. The molecule has 0 spiro atoms. The molecular formula is C13H14N2O2S2. The van der Waals surface area contributed by atoms with Crippen LogP contribution in [0.3, 0.4) is 0 Å². The molecule has 1 aliphatic carbocycles. The molecule has 3 rings (SSSR count). The van der Waals surface area contributed by atoms with Crippen molar-refractivity contribution in [3.63, 3.8) is 0 Å². The summed E-state index contributed by atoms with van der Waals surface area (Å²) < 4.78 is 26.3. The highest BCUT2D eigenvalue weighted by Gasteiger charge is 2.24. The van der Waals surface area contributed by atoms with E-state index in [4.69, 9.17) is 0 Å². The van der Waals surface area contributed by atoms with Crippen LogP contribution in [0.5, 0.6) is 0 Å². The summed E-state index contributed by atoms with van der Waals surface area (Å²) in [5.41, 5.74) is 2.43. The Morgan fingerprint density at radius 3 is 2.79 bits per heavy atom. The molecule has 0 fully saturated rings. The molecule has 19 heavy (non-hydrogen) atoms. The molecule has 2 aromatic rings. The number of benzene rings is 1. The summed E-state index contributed by atoms with van der Waals surface area (Å²) in [5, 5.41) is 2.25. The van der Waals surface area contributed by atoms with E-state index < -0.39 is 10.0 Å². The van der Waals surface area contributed by atoms with E-state index in [-0.39, 0.29) is 0 Å². The molecule has 0 unspecified atom stereocenters. The maximum Gasteiger partial charge on any atom is 0.265 e. The minimum atomic E-state index is -3.50.